The average Bonchev–Trinajstić information content (AvgIpc) is 2.48. The first-order chi connectivity index (χ1) is 7.20. The van der Waals surface area contributed by atoms with E-state index in [1.807, 2.05) is 17.7 Å². The van der Waals surface area contributed by atoms with Crippen molar-refractivity contribution in [1.29, 1.82) is 0 Å². The van der Waals surface area contributed by atoms with E-state index in [0.717, 1.165) is 31.4 Å². The lowest BCUT2D eigenvalue weighted by molar-refractivity contribution is 0.00442. The lowest BCUT2D eigenvalue weighted by Crippen LogP contribution is -2.34. The highest BCUT2D eigenvalue weighted by Crippen LogP contribution is 2.28. The summed E-state index contributed by atoms with van der Waals surface area (Å²) in [4.78, 5) is 0. The van der Waals surface area contributed by atoms with Crippen LogP contribution in [0, 0.1) is 6.92 Å². The van der Waals surface area contributed by atoms with Crippen LogP contribution >= 0.6 is 0 Å². The number of aryl methyl sites for hydroxylation is 1. The Bertz CT molecular complexity index is 311. The topological polar surface area (TPSA) is 38.0 Å². The third-order valence-corrected chi connectivity index (χ3v) is 3.41. The van der Waals surface area contributed by atoms with Gasteiger partial charge in [-0.1, -0.05) is 25.7 Å². The lowest BCUT2D eigenvalue weighted by Gasteiger charge is -2.26. The van der Waals surface area contributed by atoms with E-state index in [0.29, 0.717) is 6.54 Å². The van der Waals surface area contributed by atoms with Crippen LogP contribution in [0.25, 0.3) is 0 Å². The molecule has 2 rings (SSSR count). The smallest absolute Gasteiger partial charge is 0.0842 e. The van der Waals surface area contributed by atoms with Crippen molar-refractivity contribution >= 4 is 0 Å². The van der Waals surface area contributed by atoms with Gasteiger partial charge in [-0.25, -0.2) is 0 Å². The molecule has 0 atom stereocenters. The maximum Gasteiger partial charge on any atom is 0.0842 e. The van der Waals surface area contributed by atoms with Crippen molar-refractivity contribution in [2.45, 2.75) is 57.6 Å². The van der Waals surface area contributed by atoms with Gasteiger partial charge in [-0.2, -0.15) is 5.10 Å². The average molecular weight is 208 g/mol. The van der Waals surface area contributed by atoms with E-state index < -0.39 is 5.60 Å². The second-order valence-corrected chi connectivity index (χ2v) is 4.77. The Labute approximate surface area is 91.1 Å². The number of nitrogens with zero attached hydrogens (tertiary/aromatic N) is 2. The van der Waals surface area contributed by atoms with E-state index in [-0.39, 0.29) is 0 Å². The molecule has 1 aliphatic carbocycles. The van der Waals surface area contributed by atoms with E-state index in [4.69, 9.17) is 0 Å². The standard InChI is InChI=1S/C12H20N2O/c1-11-6-9-13-14(11)10-12(15)7-4-2-3-5-8-12/h6,9,15H,2-5,7-8,10H2,1H3. The highest BCUT2D eigenvalue weighted by molar-refractivity contribution is 4.98. The molecule has 0 amide bonds. The SMILES string of the molecule is Cc1ccnn1CC1(O)CCCCCC1. The van der Waals surface area contributed by atoms with Crippen molar-refractivity contribution in [3.05, 3.63) is 18.0 Å². The van der Waals surface area contributed by atoms with E-state index in [9.17, 15) is 5.11 Å². The van der Waals surface area contributed by atoms with Crippen LogP contribution in [0.15, 0.2) is 12.3 Å². The summed E-state index contributed by atoms with van der Waals surface area (Å²) in [5, 5.41) is 14.7. The summed E-state index contributed by atoms with van der Waals surface area (Å²) in [6, 6.07) is 1.99. The van der Waals surface area contributed by atoms with Crippen molar-refractivity contribution in [3.8, 4) is 0 Å². The van der Waals surface area contributed by atoms with Crippen molar-refractivity contribution in [2.24, 2.45) is 0 Å². The molecule has 0 bridgehead atoms. The van der Waals surface area contributed by atoms with Crippen LogP contribution in [-0.2, 0) is 6.54 Å². The molecule has 1 N–H and O–H groups in total. The Morgan fingerprint density at radius 3 is 2.53 bits per heavy atom. The van der Waals surface area contributed by atoms with Gasteiger partial charge >= 0.3 is 0 Å². The van der Waals surface area contributed by atoms with Gasteiger partial charge in [-0.3, -0.25) is 4.68 Å². The molecule has 0 aliphatic heterocycles. The first kappa shape index (κ1) is 10.7. The van der Waals surface area contributed by atoms with E-state index in [2.05, 4.69) is 5.10 Å². The molecule has 1 aliphatic rings. The molecule has 1 fully saturated rings. The summed E-state index contributed by atoms with van der Waals surface area (Å²) >= 11 is 0. The third kappa shape index (κ3) is 2.59. The number of hydrogen-bond donors (Lipinski definition) is 1. The largest absolute Gasteiger partial charge is 0.388 e. The minimum absolute atomic E-state index is 0.521. The molecular formula is C12H20N2O. The second kappa shape index (κ2) is 4.35. The molecule has 0 saturated heterocycles. The fraction of sp³-hybridized carbons (Fsp3) is 0.750. The molecule has 1 saturated carbocycles. The summed E-state index contributed by atoms with van der Waals surface area (Å²) in [6.45, 7) is 2.69. The molecule has 15 heavy (non-hydrogen) atoms. The Morgan fingerprint density at radius 2 is 2.00 bits per heavy atom. The number of hydrogen-bond acceptors (Lipinski definition) is 2. The predicted molar refractivity (Wildman–Crippen MR) is 59.6 cm³/mol. The summed E-state index contributed by atoms with van der Waals surface area (Å²) < 4.78 is 1.92. The van der Waals surface area contributed by atoms with Gasteiger partial charge in [0, 0.05) is 11.9 Å². The molecule has 1 aromatic rings. The highest BCUT2D eigenvalue weighted by Gasteiger charge is 2.28. The molecule has 0 radical (unpaired) electrons. The van der Waals surface area contributed by atoms with E-state index in [1.54, 1.807) is 6.20 Å². The number of aliphatic hydroxyl groups is 1. The van der Waals surface area contributed by atoms with Crippen LogP contribution < -0.4 is 0 Å². The van der Waals surface area contributed by atoms with Gasteiger partial charge < -0.3 is 5.11 Å². The minimum Gasteiger partial charge on any atom is -0.388 e. The molecule has 0 spiro atoms. The molecular weight excluding hydrogens is 188 g/mol. The summed E-state index contributed by atoms with van der Waals surface area (Å²) in [5.74, 6) is 0. The van der Waals surface area contributed by atoms with Crippen LogP contribution in [0.1, 0.15) is 44.2 Å². The van der Waals surface area contributed by atoms with Gasteiger partial charge in [0.05, 0.1) is 12.1 Å². The maximum atomic E-state index is 10.5. The van der Waals surface area contributed by atoms with Gasteiger partial charge in [-0.15, -0.1) is 0 Å². The van der Waals surface area contributed by atoms with Crippen LogP contribution in [-0.4, -0.2) is 20.5 Å². The molecule has 0 unspecified atom stereocenters. The molecule has 0 aromatic carbocycles. The van der Waals surface area contributed by atoms with Gasteiger partial charge in [0.2, 0.25) is 0 Å². The van der Waals surface area contributed by atoms with E-state index >= 15 is 0 Å². The van der Waals surface area contributed by atoms with Gasteiger partial charge in [0.1, 0.15) is 0 Å². The molecule has 1 aromatic heterocycles. The Hall–Kier alpha value is -0.830. The predicted octanol–water partition coefficient (Wildman–Crippen LogP) is 2.28. The normalized spacial score (nSPS) is 21.2. The quantitative estimate of drug-likeness (QED) is 0.757. The van der Waals surface area contributed by atoms with Crippen LogP contribution in [0.3, 0.4) is 0 Å². The lowest BCUT2D eigenvalue weighted by atomic mass is 9.94. The molecule has 84 valence electrons. The number of rotatable bonds is 2. The monoisotopic (exact) mass is 208 g/mol. The van der Waals surface area contributed by atoms with Crippen LogP contribution in [0.5, 0.6) is 0 Å². The summed E-state index contributed by atoms with van der Waals surface area (Å²) in [6.07, 6.45) is 8.47. The Balaban J connectivity index is 2.05. The third-order valence-electron chi connectivity index (χ3n) is 3.41. The van der Waals surface area contributed by atoms with Crippen molar-refractivity contribution < 1.29 is 5.11 Å². The zero-order valence-corrected chi connectivity index (χ0v) is 9.45. The summed E-state index contributed by atoms with van der Waals surface area (Å²) in [5.41, 5.74) is 0.612. The second-order valence-electron chi connectivity index (χ2n) is 4.77. The van der Waals surface area contributed by atoms with Crippen LogP contribution in [0.4, 0.5) is 0 Å². The van der Waals surface area contributed by atoms with Gasteiger partial charge in [0.15, 0.2) is 0 Å². The van der Waals surface area contributed by atoms with Gasteiger partial charge in [-0.05, 0) is 25.8 Å². The fourth-order valence-electron chi connectivity index (χ4n) is 2.39. The first-order valence-corrected chi connectivity index (χ1v) is 5.90. The Kier molecular flexibility index (Phi) is 3.10. The highest BCUT2D eigenvalue weighted by atomic mass is 16.3. The first-order valence-electron chi connectivity index (χ1n) is 5.90. The Morgan fingerprint density at radius 1 is 1.33 bits per heavy atom. The zero-order valence-electron chi connectivity index (χ0n) is 9.45. The summed E-state index contributed by atoms with van der Waals surface area (Å²) in [7, 11) is 0. The zero-order chi connectivity index (χ0) is 10.7. The van der Waals surface area contributed by atoms with Crippen LogP contribution in [0.2, 0.25) is 0 Å². The minimum atomic E-state index is -0.521. The van der Waals surface area contributed by atoms with Crippen molar-refractivity contribution in [2.75, 3.05) is 0 Å². The van der Waals surface area contributed by atoms with E-state index in [1.165, 1.54) is 12.8 Å². The molecule has 3 nitrogen and oxygen atoms in total. The van der Waals surface area contributed by atoms with Crippen molar-refractivity contribution in [1.82, 2.24) is 9.78 Å². The molecule has 1 heterocycles. The molecule has 3 heteroatoms. The number of aromatic nitrogens is 2. The van der Waals surface area contributed by atoms with Gasteiger partial charge in [0.25, 0.3) is 0 Å². The van der Waals surface area contributed by atoms with Crippen molar-refractivity contribution in [3.63, 3.8) is 0 Å². The maximum absolute atomic E-state index is 10.5. The fourth-order valence-corrected chi connectivity index (χ4v) is 2.39.